The number of carbonyl (C=O) groups is 1. The van der Waals surface area contributed by atoms with Gasteiger partial charge in [-0.3, -0.25) is 9.69 Å². The lowest BCUT2D eigenvalue weighted by atomic mass is 10.3. The highest BCUT2D eigenvalue weighted by atomic mass is 32.2. The number of aromatic nitrogens is 1. The van der Waals surface area contributed by atoms with E-state index in [0.29, 0.717) is 13.0 Å². The Morgan fingerprint density at radius 1 is 1.00 bits per heavy atom. The van der Waals surface area contributed by atoms with Gasteiger partial charge in [-0.25, -0.2) is 4.98 Å². The Kier molecular flexibility index (Phi) is 7.89. The summed E-state index contributed by atoms with van der Waals surface area (Å²) in [5.41, 5.74) is 0.960. The van der Waals surface area contributed by atoms with E-state index in [1.165, 1.54) is 4.90 Å². The molecule has 6 heteroatoms. The number of rotatable bonds is 10. The monoisotopic (exact) mass is 413 g/mol. The number of carbonyl (C=O) groups excluding carboxylic acids is 1. The third kappa shape index (κ3) is 5.56. The smallest absolute Gasteiger partial charge is 0.229 e. The van der Waals surface area contributed by atoms with Gasteiger partial charge in [-0.15, -0.1) is 11.8 Å². The van der Waals surface area contributed by atoms with Crippen molar-refractivity contribution >= 4 is 44.4 Å². The molecule has 0 spiro atoms. The Morgan fingerprint density at radius 3 is 2.43 bits per heavy atom. The maximum Gasteiger partial charge on any atom is 0.229 e. The first-order valence-corrected chi connectivity index (χ1v) is 11.6. The summed E-state index contributed by atoms with van der Waals surface area (Å²) in [5.74, 6) is 0.921. The summed E-state index contributed by atoms with van der Waals surface area (Å²) in [4.78, 5) is 23.2. The summed E-state index contributed by atoms with van der Waals surface area (Å²) in [5, 5.41) is 0.808. The maximum absolute atomic E-state index is 13.1. The molecule has 0 aliphatic heterocycles. The van der Waals surface area contributed by atoms with E-state index in [4.69, 9.17) is 4.98 Å². The molecule has 0 fully saturated rings. The van der Waals surface area contributed by atoms with Crippen LogP contribution in [0.5, 0.6) is 0 Å². The molecular weight excluding hydrogens is 386 g/mol. The molecular formula is C22H27N3OS2. The number of hydrogen-bond acceptors (Lipinski definition) is 5. The zero-order valence-corrected chi connectivity index (χ0v) is 18.1. The van der Waals surface area contributed by atoms with E-state index < -0.39 is 0 Å². The van der Waals surface area contributed by atoms with Gasteiger partial charge >= 0.3 is 0 Å². The molecule has 3 aromatic rings. The molecule has 0 saturated carbocycles. The number of fused-ring (bicyclic) bond motifs is 1. The molecule has 1 heterocycles. The minimum atomic E-state index is 0.148. The summed E-state index contributed by atoms with van der Waals surface area (Å²) in [6, 6.07) is 18.3. The van der Waals surface area contributed by atoms with Crippen LogP contribution in [0, 0.1) is 0 Å². The molecule has 28 heavy (non-hydrogen) atoms. The number of thioether (sulfide) groups is 1. The third-order valence-electron chi connectivity index (χ3n) is 4.68. The van der Waals surface area contributed by atoms with E-state index in [-0.39, 0.29) is 5.91 Å². The highest BCUT2D eigenvalue weighted by Gasteiger charge is 2.20. The van der Waals surface area contributed by atoms with Gasteiger partial charge in [0, 0.05) is 30.2 Å². The second-order valence-corrected chi connectivity index (χ2v) is 8.63. The van der Waals surface area contributed by atoms with Crippen molar-refractivity contribution in [2.75, 3.05) is 36.8 Å². The quantitative estimate of drug-likeness (QED) is 0.431. The van der Waals surface area contributed by atoms with Crippen LogP contribution in [0.2, 0.25) is 0 Å². The standard InChI is InChI=1S/C22H27N3OS2/c1-3-24(4-2)15-16-25(22-23-19-12-8-9-13-20(19)28-22)21(26)14-17-27-18-10-6-5-7-11-18/h5-13H,3-4,14-17H2,1-2H3. The predicted octanol–water partition coefficient (Wildman–Crippen LogP) is 5.15. The molecule has 4 nitrogen and oxygen atoms in total. The van der Waals surface area contributed by atoms with Crippen LogP contribution in [0.25, 0.3) is 10.2 Å². The number of para-hydroxylation sites is 1. The summed E-state index contributed by atoms with van der Waals surface area (Å²) in [6.07, 6.45) is 0.508. The fourth-order valence-electron chi connectivity index (χ4n) is 2.99. The van der Waals surface area contributed by atoms with E-state index in [0.717, 1.165) is 40.7 Å². The zero-order valence-electron chi connectivity index (χ0n) is 16.5. The van der Waals surface area contributed by atoms with Gasteiger partial charge in [-0.05, 0) is 37.4 Å². The Hall–Kier alpha value is -1.89. The average molecular weight is 414 g/mol. The van der Waals surface area contributed by atoms with E-state index >= 15 is 0 Å². The summed E-state index contributed by atoms with van der Waals surface area (Å²) in [7, 11) is 0. The summed E-state index contributed by atoms with van der Waals surface area (Å²) < 4.78 is 1.12. The molecule has 0 atom stereocenters. The number of anilines is 1. The first-order valence-electron chi connectivity index (χ1n) is 9.77. The van der Waals surface area contributed by atoms with Crippen molar-refractivity contribution in [1.29, 1.82) is 0 Å². The van der Waals surface area contributed by atoms with Crippen LogP contribution >= 0.6 is 23.1 Å². The summed E-state index contributed by atoms with van der Waals surface area (Å²) in [6.45, 7) is 7.83. The zero-order chi connectivity index (χ0) is 19.8. The molecule has 0 aliphatic rings. The number of amides is 1. The van der Waals surface area contributed by atoms with Crippen molar-refractivity contribution in [2.45, 2.75) is 25.2 Å². The Morgan fingerprint density at radius 2 is 1.71 bits per heavy atom. The van der Waals surface area contributed by atoms with Crippen molar-refractivity contribution in [3.63, 3.8) is 0 Å². The van der Waals surface area contributed by atoms with Crippen molar-refractivity contribution in [2.24, 2.45) is 0 Å². The third-order valence-corrected chi connectivity index (χ3v) is 6.75. The minimum absolute atomic E-state index is 0.148. The van der Waals surface area contributed by atoms with Gasteiger partial charge in [0.2, 0.25) is 5.91 Å². The van der Waals surface area contributed by atoms with Crippen LogP contribution in [-0.4, -0.2) is 47.7 Å². The molecule has 0 N–H and O–H groups in total. The van der Waals surface area contributed by atoms with Gasteiger partial charge in [0.1, 0.15) is 0 Å². The highest BCUT2D eigenvalue weighted by Crippen LogP contribution is 2.29. The molecule has 0 radical (unpaired) electrons. The largest absolute Gasteiger partial charge is 0.302 e. The maximum atomic E-state index is 13.1. The Balaban J connectivity index is 1.70. The molecule has 2 aromatic carbocycles. The average Bonchev–Trinajstić information content (AvgIpc) is 3.15. The second kappa shape index (κ2) is 10.6. The number of benzene rings is 2. The minimum Gasteiger partial charge on any atom is -0.302 e. The first-order chi connectivity index (χ1) is 13.7. The lowest BCUT2D eigenvalue weighted by Crippen LogP contribution is -2.39. The number of likely N-dealkylation sites (N-methyl/N-ethyl adjacent to an activating group) is 1. The van der Waals surface area contributed by atoms with Gasteiger partial charge in [0.05, 0.1) is 10.2 Å². The van der Waals surface area contributed by atoms with Gasteiger partial charge in [-0.2, -0.15) is 0 Å². The van der Waals surface area contributed by atoms with Crippen LogP contribution in [0.3, 0.4) is 0 Å². The van der Waals surface area contributed by atoms with Crippen LogP contribution < -0.4 is 4.90 Å². The molecule has 0 bridgehead atoms. The van der Waals surface area contributed by atoms with Gasteiger partial charge in [0.25, 0.3) is 0 Å². The SMILES string of the molecule is CCN(CC)CCN(C(=O)CCSc1ccccc1)c1nc2ccccc2s1. The second-order valence-electron chi connectivity index (χ2n) is 6.45. The van der Waals surface area contributed by atoms with Gasteiger partial charge < -0.3 is 4.90 Å². The van der Waals surface area contributed by atoms with Crippen molar-refractivity contribution in [3.8, 4) is 0 Å². The van der Waals surface area contributed by atoms with Crippen LogP contribution in [0.1, 0.15) is 20.3 Å². The number of hydrogen-bond donors (Lipinski definition) is 0. The molecule has 0 aliphatic carbocycles. The molecule has 148 valence electrons. The fraction of sp³-hybridized carbons (Fsp3) is 0.364. The lowest BCUT2D eigenvalue weighted by Gasteiger charge is -2.24. The van der Waals surface area contributed by atoms with Crippen molar-refractivity contribution < 1.29 is 4.79 Å². The van der Waals surface area contributed by atoms with E-state index in [1.807, 2.05) is 41.3 Å². The van der Waals surface area contributed by atoms with E-state index in [9.17, 15) is 4.79 Å². The van der Waals surface area contributed by atoms with Crippen LogP contribution in [0.4, 0.5) is 5.13 Å². The Labute approximate surface area is 175 Å². The van der Waals surface area contributed by atoms with Gasteiger partial charge in [0.15, 0.2) is 5.13 Å². The molecule has 0 saturated heterocycles. The molecule has 3 rings (SSSR count). The van der Waals surface area contributed by atoms with Crippen molar-refractivity contribution in [3.05, 3.63) is 54.6 Å². The molecule has 1 amide bonds. The van der Waals surface area contributed by atoms with Crippen LogP contribution in [-0.2, 0) is 4.79 Å². The van der Waals surface area contributed by atoms with Crippen LogP contribution in [0.15, 0.2) is 59.5 Å². The highest BCUT2D eigenvalue weighted by molar-refractivity contribution is 7.99. The van der Waals surface area contributed by atoms with E-state index in [1.54, 1.807) is 23.1 Å². The normalized spacial score (nSPS) is 11.2. The van der Waals surface area contributed by atoms with Crippen molar-refractivity contribution in [1.82, 2.24) is 9.88 Å². The summed E-state index contributed by atoms with van der Waals surface area (Å²) >= 11 is 3.32. The molecule has 1 aromatic heterocycles. The number of thiazole rings is 1. The Bertz CT molecular complexity index is 845. The van der Waals surface area contributed by atoms with Gasteiger partial charge in [-0.1, -0.05) is 55.5 Å². The fourth-order valence-corrected chi connectivity index (χ4v) is 4.86. The predicted molar refractivity (Wildman–Crippen MR) is 122 cm³/mol. The lowest BCUT2D eigenvalue weighted by molar-refractivity contribution is -0.118. The van der Waals surface area contributed by atoms with E-state index in [2.05, 4.69) is 36.9 Å². The number of nitrogens with zero attached hydrogens (tertiary/aromatic N) is 3. The molecule has 0 unspecified atom stereocenters. The first kappa shape index (κ1) is 20.8. The topological polar surface area (TPSA) is 36.4 Å².